The zero-order chi connectivity index (χ0) is 12.7. The molecule has 1 aliphatic rings. The first kappa shape index (κ1) is 13.9. The standard InChI is InChI=1S/C13H20O4/c1-3-5-10(14)8-11-6-4-7-12(17-11)9-13(15)16-2/h3,5,11-12H,4,6-9H2,1-2H3/b5-3+/t11-,12-/m1/s1. The van der Waals surface area contributed by atoms with Crippen LogP contribution in [0, 0.1) is 0 Å². The average molecular weight is 240 g/mol. The van der Waals surface area contributed by atoms with Crippen molar-refractivity contribution in [3.05, 3.63) is 12.2 Å². The molecule has 1 aliphatic heterocycles. The van der Waals surface area contributed by atoms with E-state index in [4.69, 9.17) is 4.74 Å². The molecule has 1 saturated heterocycles. The molecule has 1 heterocycles. The lowest BCUT2D eigenvalue weighted by Crippen LogP contribution is -2.31. The molecule has 0 spiro atoms. The predicted octanol–water partition coefficient (Wildman–Crippen LogP) is 2.02. The summed E-state index contributed by atoms with van der Waals surface area (Å²) in [4.78, 5) is 22.6. The van der Waals surface area contributed by atoms with E-state index in [1.54, 1.807) is 12.2 Å². The Hall–Kier alpha value is -1.16. The van der Waals surface area contributed by atoms with Crippen LogP contribution in [0.1, 0.15) is 39.0 Å². The summed E-state index contributed by atoms with van der Waals surface area (Å²) >= 11 is 0. The maximum Gasteiger partial charge on any atom is 0.308 e. The fourth-order valence-corrected chi connectivity index (χ4v) is 2.03. The van der Waals surface area contributed by atoms with Crippen molar-refractivity contribution >= 4 is 11.8 Å². The number of hydrogen-bond donors (Lipinski definition) is 0. The lowest BCUT2D eigenvalue weighted by atomic mass is 9.99. The Balaban J connectivity index is 2.38. The molecule has 96 valence electrons. The largest absolute Gasteiger partial charge is 0.469 e. The Kier molecular flexibility index (Phi) is 5.91. The van der Waals surface area contributed by atoms with Gasteiger partial charge in [0.1, 0.15) is 0 Å². The van der Waals surface area contributed by atoms with Crippen LogP contribution < -0.4 is 0 Å². The highest BCUT2D eigenvalue weighted by Crippen LogP contribution is 2.23. The molecule has 0 N–H and O–H groups in total. The molecule has 0 unspecified atom stereocenters. The number of hydrogen-bond acceptors (Lipinski definition) is 4. The van der Waals surface area contributed by atoms with Crippen LogP contribution >= 0.6 is 0 Å². The fourth-order valence-electron chi connectivity index (χ4n) is 2.03. The van der Waals surface area contributed by atoms with Crippen LogP contribution in [-0.2, 0) is 19.1 Å². The van der Waals surface area contributed by atoms with Gasteiger partial charge in [0, 0.05) is 6.42 Å². The van der Waals surface area contributed by atoms with Gasteiger partial charge in [-0.25, -0.2) is 0 Å². The fraction of sp³-hybridized carbons (Fsp3) is 0.692. The smallest absolute Gasteiger partial charge is 0.308 e. The molecule has 4 heteroatoms. The lowest BCUT2D eigenvalue weighted by molar-refractivity contribution is -0.147. The summed E-state index contributed by atoms with van der Waals surface area (Å²) in [6.45, 7) is 1.82. The Morgan fingerprint density at radius 1 is 1.29 bits per heavy atom. The molecule has 0 bridgehead atoms. The zero-order valence-corrected chi connectivity index (χ0v) is 10.5. The van der Waals surface area contributed by atoms with Gasteiger partial charge >= 0.3 is 5.97 Å². The third-order valence-electron chi connectivity index (χ3n) is 2.84. The number of rotatable bonds is 5. The van der Waals surface area contributed by atoms with Crippen LogP contribution in [0.15, 0.2) is 12.2 Å². The molecule has 1 rings (SSSR count). The van der Waals surface area contributed by atoms with Crippen molar-refractivity contribution < 1.29 is 19.1 Å². The summed E-state index contributed by atoms with van der Waals surface area (Å²) in [6.07, 6.45) is 6.58. The van der Waals surface area contributed by atoms with Crippen molar-refractivity contribution in [3.63, 3.8) is 0 Å². The monoisotopic (exact) mass is 240 g/mol. The van der Waals surface area contributed by atoms with E-state index < -0.39 is 0 Å². The highest BCUT2D eigenvalue weighted by Gasteiger charge is 2.25. The first-order valence-corrected chi connectivity index (χ1v) is 6.03. The first-order valence-electron chi connectivity index (χ1n) is 6.03. The number of carbonyl (C=O) groups is 2. The molecule has 2 atom stereocenters. The predicted molar refractivity (Wildman–Crippen MR) is 63.6 cm³/mol. The number of ether oxygens (including phenoxy) is 2. The number of carbonyl (C=O) groups excluding carboxylic acids is 2. The molecule has 0 aliphatic carbocycles. The summed E-state index contributed by atoms with van der Waals surface area (Å²) < 4.78 is 10.3. The van der Waals surface area contributed by atoms with E-state index in [0.717, 1.165) is 19.3 Å². The maximum atomic E-state index is 11.4. The summed E-state index contributed by atoms with van der Waals surface area (Å²) in [5, 5.41) is 0. The second kappa shape index (κ2) is 7.22. The Bertz CT molecular complexity index is 296. The summed E-state index contributed by atoms with van der Waals surface area (Å²) in [6, 6.07) is 0. The van der Waals surface area contributed by atoms with Crippen molar-refractivity contribution in [2.75, 3.05) is 7.11 Å². The van der Waals surface area contributed by atoms with E-state index in [0.29, 0.717) is 6.42 Å². The van der Waals surface area contributed by atoms with Gasteiger partial charge in [-0.05, 0) is 32.3 Å². The van der Waals surface area contributed by atoms with Crippen LogP contribution in [0.3, 0.4) is 0 Å². The SMILES string of the molecule is C/C=C/C(=O)C[C@H]1CCC[C@H](CC(=O)OC)O1. The van der Waals surface area contributed by atoms with Gasteiger partial charge in [-0.15, -0.1) is 0 Å². The van der Waals surface area contributed by atoms with Gasteiger partial charge in [-0.3, -0.25) is 9.59 Å². The van der Waals surface area contributed by atoms with Crippen LogP contribution in [0.25, 0.3) is 0 Å². The molecular formula is C13H20O4. The Morgan fingerprint density at radius 2 is 1.94 bits per heavy atom. The summed E-state index contributed by atoms with van der Waals surface area (Å²) in [5.74, 6) is -0.174. The van der Waals surface area contributed by atoms with Gasteiger partial charge in [0.25, 0.3) is 0 Å². The second-order valence-corrected chi connectivity index (χ2v) is 4.26. The molecule has 0 amide bonds. The highest BCUT2D eigenvalue weighted by atomic mass is 16.5. The van der Waals surface area contributed by atoms with Gasteiger partial charge in [0.05, 0.1) is 25.7 Å². The lowest BCUT2D eigenvalue weighted by Gasteiger charge is -2.28. The molecule has 0 aromatic carbocycles. The van der Waals surface area contributed by atoms with E-state index >= 15 is 0 Å². The average Bonchev–Trinajstić information content (AvgIpc) is 2.29. The van der Waals surface area contributed by atoms with E-state index in [2.05, 4.69) is 4.74 Å². The zero-order valence-electron chi connectivity index (χ0n) is 10.5. The second-order valence-electron chi connectivity index (χ2n) is 4.26. The van der Waals surface area contributed by atoms with Crippen LogP contribution in [0.2, 0.25) is 0 Å². The van der Waals surface area contributed by atoms with Crippen molar-refractivity contribution in [2.45, 2.75) is 51.2 Å². The molecule has 0 aromatic heterocycles. The van der Waals surface area contributed by atoms with Gasteiger partial charge in [0.2, 0.25) is 0 Å². The third kappa shape index (κ3) is 5.13. The maximum absolute atomic E-state index is 11.4. The Morgan fingerprint density at radius 3 is 2.53 bits per heavy atom. The number of methoxy groups -OCH3 is 1. The number of ketones is 1. The normalized spacial score (nSPS) is 24.8. The summed E-state index contributed by atoms with van der Waals surface area (Å²) in [7, 11) is 1.37. The molecule has 0 saturated carbocycles. The minimum Gasteiger partial charge on any atom is -0.469 e. The van der Waals surface area contributed by atoms with Gasteiger partial charge in [-0.2, -0.15) is 0 Å². The van der Waals surface area contributed by atoms with Gasteiger partial charge < -0.3 is 9.47 Å². The molecule has 17 heavy (non-hydrogen) atoms. The number of allylic oxidation sites excluding steroid dienone is 2. The van der Waals surface area contributed by atoms with Gasteiger partial charge in [-0.1, -0.05) is 6.08 Å². The van der Waals surface area contributed by atoms with Crippen LogP contribution in [0.4, 0.5) is 0 Å². The molecule has 1 fully saturated rings. The van der Waals surface area contributed by atoms with Crippen molar-refractivity contribution in [3.8, 4) is 0 Å². The van der Waals surface area contributed by atoms with Gasteiger partial charge in [0.15, 0.2) is 5.78 Å². The minimum absolute atomic E-state index is 0.0536. The minimum atomic E-state index is -0.254. The van der Waals surface area contributed by atoms with Crippen molar-refractivity contribution in [2.24, 2.45) is 0 Å². The topological polar surface area (TPSA) is 52.6 Å². The van der Waals surface area contributed by atoms with E-state index in [-0.39, 0.29) is 30.4 Å². The summed E-state index contributed by atoms with van der Waals surface area (Å²) in [5.41, 5.74) is 0. The van der Waals surface area contributed by atoms with Crippen molar-refractivity contribution in [1.29, 1.82) is 0 Å². The molecule has 0 aromatic rings. The third-order valence-corrected chi connectivity index (χ3v) is 2.84. The number of esters is 1. The highest BCUT2D eigenvalue weighted by molar-refractivity contribution is 5.89. The van der Waals surface area contributed by atoms with E-state index in [1.165, 1.54) is 7.11 Å². The van der Waals surface area contributed by atoms with E-state index in [1.807, 2.05) is 6.92 Å². The van der Waals surface area contributed by atoms with Crippen LogP contribution in [0.5, 0.6) is 0 Å². The first-order chi connectivity index (χ1) is 8.15. The van der Waals surface area contributed by atoms with Crippen molar-refractivity contribution in [1.82, 2.24) is 0 Å². The molecular weight excluding hydrogens is 220 g/mol. The molecule has 4 nitrogen and oxygen atoms in total. The van der Waals surface area contributed by atoms with E-state index in [9.17, 15) is 9.59 Å². The quantitative estimate of drug-likeness (QED) is 0.545. The molecule has 0 radical (unpaired) electrons. The van der Waals surface area contributed by atoms with Crippen LogP contribution in [-0.4, -0.2) is 31.1 Å². The Labute approximate surface area is 102 Å².